The van der Waals surface area contributed by atoms with Gasteiger partial charge in [0.2, 0.25) is 5.91 Å². The number of hydrogen-bond donors (Lipinski definition) is 3. The molecule has 0 aromatic heterocycles. The molecule has 0 unspecified atom stereocenters. The van der Waals surface area contributed by atoms with Gasteiger partial charge in [-0.05, 0) is 42.3 Å². The molecule has 0 spiro atoms. The van der Waals surface area contributed by atoms with E-state index in [1.54, 1.807) is 0 Å². The number of anilines is 1. The summed E-state index contributed by atoms with van der Waals surface area (Å²) in [6.45, 7) is 0.638. The molecule has 2 rings (SSSR count). The van der Waals surface area contributed by atoms with Gasteiger partial charge in [-0.25, -0.2) is 0 Å². The Labute approximate surface area is 119 Å². The van der Waals surface area contributed by atoms with Crippen molar-refractivity contribution in [2.75, 3.05) is 11.9 Å². The monoisotopic (exact) mass is 271 g/mol. The predicted molar refractivity (Wildman–Crippen MR) is 83.5 cm³/mol. The van der Waals surface area contributed by atoms with Crippen molar-refractivity contribution < 1.29 is 4.79 Å². The Morgan fingerprint density at radius 2 is 1.85 bits per heavy atom. The van der Waals surface area contributed by atoms with E-state index in [1.165, 1.54) is 0 Å². The first kappa shape index (κ1) is 14.5. The molecule has 2 aromatic carbocycles. The van der Waals surface area contributed by atoms with Crippen LogP contribution in [0.1, 0.15) is 19.3 Å². The van der Waals surface area contributed by atoms with Gasteiger partial charge >= 0.3 is 0 Å². The van der Waals surface area contributed by atoms with Gasteiger partial charge < -0.3 is 16.8 Å². The summed E-state index contributed by atoms with van der Waals surface area (Å²) in [5.74, 6) is -0.141. The third-order valence-electron chi connectivity index (χ3n) is 3.32. The summed E-state index contributed by atoms with van der Waals surface area (Å²) in [7, 11) is 0. The number of nitrogens with two attached hydrogens (primary N) is 2. The number of nitrogens with one attached hydrogen (secondary N) is 1. The molecule has 0 radical (unpaired) electrons. The first-order valence-electron chi connectivity index (χ1n) is 6.96. The third-order valence-corrected chi connectivity index (χ3v) is 3.32. The highest BCUT2D eigenvalue weighted by Crippen LogP contribution is 2.19. The molecule has 106 valence electrons. The predicted octanol–water partition coefficient (Wildman–Crippen LogP) is 2.23. The zero-order chi connectivity index (χ0) is 14.4. The number of carbonyl (C=O) groups is 1. The van der Waals surface area contributed by atoms with E-state index < -0.39 is 6.04 Å². The molecule has 0 aliphatic carbocycles. The summed E-state index contributed by atoms with van der Waals surface area (Å²) in [5.41, 5.74) is 12.1. The summed E-state index contributed by atoms with van der Waals surface area (Å²) in [4.78, 5) is 12.0. The van der Waals surface area contributed by atoms with Gasteiger partial charge in [-0.15, -0.1) is 0 Å². The Bertz CT molecular complexity index is 583. The molecule has 0 aliphatic rings. The molecule has 4 heteroatoms. The number of unbranched alkanes of at least 4 members (excludes halogenated alkanes) is 1. The van der Waals surface area contributed by atoms with E-state index in [0.717, 1.165) is 29.3 Å². The molecular formula is C16H21N3O. The molecule has 0 aliphatic heterocycles. The van der Waals surface area contributed by atoms with Crippen LogP contribution in [0.15, 0.2) is 42.5 Å². The van der Waals surface area contributed by atoms with Gasteiger partial charge in [-0.2, -0.15) is 0 Å². The van der Waals surface area contributed by atoms with Gasteiger partial charge in [0.25, 0.3) is 0 Å². The summed E-state index contributed by atoms with van der Waals surface area (Å²) < 4.78 is 0. The number of hydrogen-bond acceptors (Lipinski definition) is 3. The highest BCUT2D eigenvalue weighted by atomic mass is 16.2. The number of benzene rings is 2. The minimum absolute atomic E-state index is 0.141. The van der Waals surface area contributed by atoms with E-state index >= 15 is 0 Å². The average molecular weight is 271 g/mol. The van der Waals surface area contributed by atoms with Crippen LogP contribution in [-0.2, 0) is 4.79 Å². The summed E-state index contributed by atoms with van der Waals surface area (Å²) in [6.07, 6.45) is 2.44. The summed E-state index contributed by atoms with van der Waals surface area (Å²) in [6, 6.07) is 13.4. The first-order valence-corrected chi connectivity index (χ1v) is 6.96. The molecule has 0 bridgehead atoms. The molecule has 20 heavy (non-hydrogen) atoms. The maximum absolute atomic E-state index is 12.0. The lowest BCUT2D eigenvalue weighted by atomic mass is 10.1. The van der Waals surface area contributed by atoms with Crippen LogP contribution in [0.5, 0.6) is 0 Å². The molecular weight excluding hydrogens is 250 g/mol. The van der Waals surface area contributed by atoms with Gasteiger partial charge in [0.1, 0.15) is 0 Å². The fourth-order valence-corrected chi connectivity index (χ4v) is 2.14. The normalized spacial score (nSPS) is 12.3. The van der Waals surface area contributed by atoms with Gasteiger partial charge in [-0.3, -0.25) is 4.79 Å². The lowest BCUT2D eigenvalue weighted by Gasteiger charge is -2.12. The molecule has 2 aromatic rings. The van der Waals surface area contributed by atoms with Gasteiger partial charge in [0.05, 0.1) is 6.04 Å². The van der Waals surface area contributed by atoms with Crippen molar-refractivity contribution in [3.05, 3.63) is 42.5 Å². The smallest absolute Gasteiger partial charge is 0.241 e. The molecule has 0 saturated carbocycles. The molecule has 1 atom stereocenters. The van der Waals surface area contributed by atoms with Crippen molar-refractivity contribution >= 4 is 22.4 Å². The van der Waals surface area contributed by atoms with Crippen LogP contribution < -0.4 is 16.8 Å². The zero-order valence-electron chi connectivity index (χ0n) is 11.5. The van der Waals surface area contributed by atoms with Crippen LogP contribution in [0.4, 0.5) is 5.69 Å². The van der Waals surface area contributed by atoms with Crippen LogP contribution in [0.25, 0.3) is 10.8 Å². The van der Waals surface area contributed by atoms with Crippen molar-refractivity contribution in [3.63, 3.8) is 0 Å². The van der Waals surface area contributed by atoms with Gasteiger partial charge in [-0.1, -0.05) is 36.8 Å². The Morgan fingerprint density at radius 1 is 1.10 bits per heavy atom. The number of carbonyl (C=O) groups excluding carboxylic acids is 1. The van der Waals surface area contributed by atoms with Gasteiger partial charge in [0.15, 0.2) is 0 Å². The van der Waals surface area contributed by atoms with E-state index in [9.17, 15) is 4.79 Å². The van der Waals surface area contributed by atoms with Crippen molar-refractivity contribution in [2.45, 2.75) is 25.3 Å². The minimum Gasteiger partial charge on any atom is -0.330 e. The maximum atomic E-state index is 12.0. The van der Waals surface area contributed by atoms with E-state index in [4.69, 9.17) is 11.5 Å². The number of rotatable bonds is 6. The largest absolute Gasteiger partial charge is 0.330 e. The summed E-state index contributed by atoms with van der Waals surface area (Å²) >= 11 is 0. The number of amides is 1. The SMILES string of the molecule is NCCCC[C@@H](N)C(=O)Nc1ccc2ccccc2c1. The maximum Gasteiger partial charge on any atom is 0.241 e. The third kappa shape index (κ3) is 3.79. The quantitative estimate of drug-likeness (QED) is 0.705. The zero-order valence-corrected chi connectivity index (χ0v) is 11.5. The van der Waals surface area contributed by atoms with Crippen molar-refractivity contribution in [1.29, 1.82) is 0 Å². The average Bonchev–Trinajstić information content (AvgIpc) is 2.47. The van der Waals surface area contributed by atoms with Crippen LogP contribution in [0.2, 0.25) is 0 Å². The van der Waals surface area contributed by atoms with Crippen LogP contribution in [-0.4, -0.2) is 18.5 Å². The van der Waals surface area contributed by atoms with Crippen molar-refractivity contribution in [1.82, 2.24) is 0 Å². The molecule has 5 N–H and O–H groups in total. The lowest BCUT2D eigenvalue weighted by molar-refractivity contribution is -0.117. The highest BCUT2D eigenvalue weighted by molar-refractivity contribution is 5.97. The second-order valence-corrected chi connectivity index (χ2v) is 4.94. The minimum atomic E-state index is -0.479. The fourth-order valence-electron chi connectivity index (χ4n) is 2.14. The highest BCUT2D eigenvalue weighted by Gasteiger charge is 2.13. The van der Waals surface area contributed by atoms with Gasteiger partial charge in [0, 0.05) is 5.69 Å². The molecule has 4 nitrogen and oxygen atoms in total. The Balaban J connectivity index is 1.98. The molecule has 0 saturated heterocycles. The Kier molecular flexibility index (Phi) is 5.09. The van der Waals surface area contributed by atoms with Crippen LogP contribution in [0, 0.1) is 0 Å². The van der Waals surface area contributed by atoms with E-state index in [-0.39, 0.29) is 5.91 Å². The van der Waals surface area contributed by atoms with Crippen molar-refractivity contribution in [3.8, 4) is 0 Å². The first-order chi connectivity index (χ1) is 9.70. The fraction of sp³-hybridized carbons (Fsp3) is 0.312. The van der Waals surface area contributed by atoms with E-state index in [0.29, 0.717) is 13.0 Å². The standard InChI is InChI=1S/C16H21N3O/c17-10-4-3-7-15(18)16(20)19-14-9-8-12-5-1-2-6-13(12)11-14/h1-2,5-6,8-9,11,15H,3-4,7,10,17-18H2,(H,19,20)/t15-/m1/s1. The Hall–Kier alpha value is -1.91. The second-order valence-electron chi connectivity index (χ2n) is 4.94. The molecule has 0 heterocycles. The molecule has 1 amide bonds. The summed E-state index contributed by atoms with van der Waals surface area (Å²) in [5, 5.41) is 5.12. The second kappa shape index (κ2) is 7.03. The van der Waals surface area contributed by atoms with Crippen LogP contribution >= 0.6 is 0 Å². The lowest BCUT2D eigenvalue weighted by Crippen LogP contribution is -2.35. The topological polar surface area (TPSA) is 81.1 Å². The van der Waals surface area contributed by atoms with E-state index in [2.05, 4.69) is 5.32 Å². The Morgan fingerprint density at radius 3 is 2.60 bits per heavy atom. The number of fused-ring (bicyclic) bond motifs is 1. The van der Waals surface area contributed by atoms with Crippen molar-refractivity contribution in [2.24, 2.45) is 11.5 Å². The van der Waals surface area contributed by atoms with Crippen LogP contribution in [0.3, 0.4) is 0 Å². The van der Waals surface area contributed by atoms with E-state index in [1.807, 2.05) is 42.5 Å². The molecule has 0 fully saturated rings.